The molecule has 1 amide bonds. The van der Waals surface area contributed by atoms with Gasteiger partial charge in [0.15, 0.2) is 5.82 Å². The van der Waals surface area contributed by atoms with Crippen LogP contribution in [-0.2, 0) is 0 Å². The van der Waals surface area contributed by atoms with Crippen LogP contribution in [0.2, 0.25) is 0 Å². The highest BCUT2D eigenvalue weighted by molar-refractivity contribution is 9.10. The molecule has 9 heteroatoms. The van der Waals surface area contributed by atoms with Gasteiger partial charge in [-0.3, -0.25) is 4.79 Å². The Morgan fingerprint density at radius 1 is 1.00 bits per heavy atom. The summed E-state index contributed by atoms with van der Waals surface area (Å²) in [5, 5.41) is 4.54. The van der Waals surface area contributed by atoms with Crippen molar-refractivity contribution in [3.8, 4) is 11.6 Å². The average molecular weight is 485 g/mol. The molecule has 1 aliphatic rings. The molecule has 0 atom stereocenters. The van der Waals surface area contributed by atoms with Gasteiger partial charge in [-0.1, -0.05) is 0 Å². The van der Waals surface area contributed by atoms with Crippen LogP contribution in [0.4, 0.5) is 5.82 Å². The van der Waals surface area contributed by atoms with E-state index in [1.165, 1.54) is 0 Å². The summed E-state index contributed by atoms with van der Waals surface area (Å²) in [6.07, 6.45) is 0. The molecule has 0 unspecified atom stereocenters. The number of ether oxygens (including phenoxy) is 1. The Morgan fingerprint density at radius 3 is 2.35 bits per heavy atom. The van der Waals surface area contributed by atoms with Gasteiger partial charge in [0.25, 0.3) is 5.91 Å². The number of aromatic nitrogens is 4. The first-order valence-electron chi connectivity index (χ1n) is 10.1. The van der Waals surface area contributed by atoms with Crippen molar-refractivity contribution in [2.75, 3.05) is 38.2 Å². The molecule has 4 rings (SSSR count). The van der Waals surface area contributed by atoms with Crippen molar-refractivity contribution in [2.24, 2.45) is 0 Å². The molecule has 8 nitrogen and oxygen atoms in total. The number of methoxy groups -OCH3 is 1. The maximum atomic E-state index is 13.0. The Kier molecular flexibility index (Phi) is 5.95. The Bertz CT molecular complexity index is 1120. The lowest BCUT2D eigenvalue weighted by atomic mass is 10.1. The van der Waals surface area contributed by atoms with Crippen LogP contribution in [0, 0.1) is 20.8 Å². The monoisotopic (exact) mass is 484 g/mol. The summed E-state index contributed by atoms with van der Waals surface area (Å²) in [5.74, 6) is 2.96. The Hall–Kier alpha value is -2.94. The fraction of sp³-hybridized carbons (Fsp3) is 0.364. The molecule has 1 saturated heterocycles. The van der Waals surface area contributed by atoms with E-state index in [1.54, 1.807) is 13.2 Å². The molecule has 2 aromatic heterocycles. The molecular weight excluding hydrogens is 460 g/mol. The molecule has 3 aromatic rings. The average Bonchev–Trinajstić information content (AvgIpc) is 3.11. The number of nitrogens with zero attached hydrogens (tertiary/aromatic N) is 6. The van der Waals surface area contributed by atoms with Gasteiger partial charge in [-0.15, -0.1) is 0 Å². The third-order valence-corrected chi connectivity index (χ3v) is 6.02. The number of piperazine rings is 1. The lowest BCUT2D eigenvalue weighted by molar-refractivity contribution is 0.0745. The van der Waals surface area contributed by atoms with Gasteiger partial charge in [0, 0.05) is 42.4 Å². The Labute approximate surface area is 190 Å². The van der Waals surface area contributed by atoms with Gasteiger partial charge in [0.05, 0.1) is 18.4 Å². The minimum absolute atomic E-state index is 0.00683. The smallest absolute Gasteiger partial charge is 0.255 e. The molecule has 1 aromatic carbocycles. The maximum Gasteiger partial charge on any atom is 0.255 e. The number of anilines is 1. The summed E-state index contributed by atoms with van der Waals surface area (Å²) in [6.45, 7) is 8.48. The van der Waals surface area contributed by atoms with Gasteiger partial charge in [-0.2, -0.15) is 5.10 Å². The highest BCUT2D eigenvalue weighted by Crippen LogP contribution is 2.25. The van der Waals surface area contributed by atoms with Crippen LogP contribution in [0.5, 0.6) is 5.75 Å². The van der Waals surface area contributed by atoms with Crippen LogP contribution in [0.15, 0.2) is 34.8 Å². The van der Waals surface area contributed by atoms with Crippen LogP contribution in [-0.4, -0.2) is 63.8 Å². The van der Waals surface area contributed by atoms with Gasteiger partial charge in [0.1, 0.15) is 17.4 Å². The van der Waals surface area contributed by atoms with Gasteiger partial charge < -0.3 is 14.5 Å². The van der Waals surface area contributed by atoms with Gasteiger partial charge in [0.2, 0.25) is 0 Å². The minimum Gasteiger partial charge on any atom is -0.497 e. The Balaban J connectivity index is 1.50. The normalized spacial score (nSPS) is 14.1. The first-order chi connectivity index (χ1) is 14.9. The lowest BCUT2D eigenvalue weighted by Gasteiger charge is -2.35. The molecule has 0 N–H and O–H groups in total. The van der Waals surface area contributed by atoms with E-state index in [2.05, 4.69) is 35.9 Å². The number of halogens is 1. The number of carbonyl (C=O) groups excluding carboxylic acids is 1. The number of amides is 1. The zero-order valence-corrected chi connectivity index (χ0v) is 19.7. The van der Waals surface area contributed by atoms with Crippen molar-refractivity contribution in [3.05, 3.63) is 57.6 Å². The SMILES string of the molecule is COc1ccc(Br)c(C(=O)N2CCN(c3cc(-n4nc(C)cc4C)nc(C)n3)CC2)c1. The molecule has 0 radical (unpaired) electrons. The van der Waals surface area contributed by atoms with E-state index in [1.807, 2.05) is 54.6 Å². The van der Waals surface area contributed by atoms with E-state index in [0.29, 0.717) is 43.3 Å². The molecule has 0 bridgehead atoms. The quantitative estimate of drug-likeness (QED) is 0.565. The van der Waals surface area contributed by atoms with Crippen molar-refractivity contribution in [2.45, 2.75) is 20.8 Å². The number of hydrogen-bond donors (Lipinski definition) is 0. The highest BCUT2D eigenvalue weighted by Gasteiger charge is 2.25. The van der Waals surface area contributed by atoms with Crippen molar-refractivity contribution in [3.63, 3.8) is 0 Å². The van der Waals surface area contributed by atoms with Crippen molar-refractivity contribution in [1.29, 1.82) is 0 Å². The lowest BCUT2D eigenvalue weighted by Crippen LogP contribution is -2.49. The molecule has 31 heavy (non-hydrogen) atoms. The topological polar surface area (TPSA) is 76.4 Å². The molecule has 0 saturated carbocycles. The van der Waals surface area contributed by atoms with Crippen LogP contribution in [0.3, 0.4) is 0 Å². The zero-order valence-electron chi connectivity index (χ0n) is 18.1. The zero-order chi connectivity index (χ0) is 22.1. The number of rotatable bonds is 4. The number of hydrogen-bond acceptors (Lipinski definition) is 6. The molecule has 1 fully saturated rings. The molecule has 1 aliphatic heterocycles. The number of carbonyl (C=O) groups is 1. The minimum atomic E-state index is -0.00683. The summed E-state index contributed by atoms with van der Waals surface area (Å²) >= 11 is 3.48. The second-order valence-corrected chi connectivity index (χ2v) is 8.45. The van der Waals surface area contributed by atoms with E-state index in [0.717, 1.165) is 27.5 Å². The molecule has 3 heterocycles. The molecule has 0 aliphatic carbocycles. The number of benzene rings is 1. The predicted octanol–water partition coefficient (Wildman–Crippen LogP) is 3.32. The summed E-state index contributed by atoms with van der Waals surface area (Å²) in [7, 11) is 1.60. The highest BCUT2D eigenvalue weighted by atomic mass is 79.9. The first kappa shape index (κ1) is 21.3. The summed E-state index contributed by atoms with van der Waals surface area (Å²) in [5.41, 5.74) is 2.59. The third-order valence-electron chi connectivity index (χ3n) is 5.33. The second kappa shape index (κ2) is 8.66. The van der Waals surface area contributed by atoms with E-state index >= 15 is 0 Å². The van der Waals surface area contributed by atoms with E-state index in [-0.39, 0.29) is 5.91 Å². The van der Waals surface area contributed by atoms with Gasteiger partial charge >= 0.3 is 0 Å². The summed E-state index contributed by atoms with van der Waals surface area (Å²) in [6, 6.07) is 9.43. The van der Waals surface area contributed by atoms with E-state index < -0.39 is 0 Å². The van der Waals surface area contributed by atoms with Crippen LogP contribution in [0.1, 0.15) is 27.6 Å². The maximum absolute atomic E-state index is 13.0. The summed E-state index contributed by atoms with van der Waals surface area (Å²) < 4.78 is 7.88. The fourth-order valence-electron chi connectivity index (χ4n) is 3.77. The predicted molar refractivity (Wildman–Crippen MR) is 122 cm³/mol. The molecule has 0 spiro atoms. The van der Waals surface area contributed by atoms with Crippen molar-refractivity contribution in [1.82, 2.24) is 24.6 Å². The number of aryl methyl sites for hydroxylation is 3. The largest absolute Gasteiger partial charge is 0.497 e. The van der Waals surface area contributed by atoms with Crippen LogP contribution >= 0.6 is 15.9 Å². The van der Waals surface area contributed by atoms with Gasteiger partial charge in [-0.25, -0.2) is 14.6 Å². The van der Waals surface area contributed by atoms with Crippen LogP contribution in [0.25, 0.3) is 5.82 Å². The molecule has 162 valence electrons. The van der Waals surface area contributed by atoms with Crippen molar-refractivity contribution >= 4 is 27.7 Å². The Morgan fingerprint density at radius 2 is 1.71 bits per heavy atom. The second-order valence-electron chi connectivity index (χ2n) is 7.60. The fourth-order valence-corrected chi connectivity index (χ4v) is 4.19. The molecular formula is C22H25BrN6O2. The van der Waals surface area contributed by atoms with Crippen molar-refractivity contribution < 1.29 is 9.53 Å². The third kappa shape index (κ3) is 4.41. The van der Waals surface area contributed by atoms with E-state index in [9.17, 15) is 4.79 Å². The standard InChI is InChI=1S/C22H25BrN6O2/c1-14-11-15(2)29(26-14)21-13-20(24-16(3)25-21)27-7-9-28(10-8-27)22(30)18-12-17(31-4)5-6-19(18)23/h5-6,11-13H,7-10H2,1-4H3. The van der Waals surface area contributed by atoms with Crippen LogP contribution < -0.4 is 9.64 Å². The van der Waals surface area contributed by atoms with E-state index in [4.69, 9.17) is 4.74 Å². The summed E-state index contributed by atoms with van der Waals surface area (Å²) in [4.78, 5) is 26.3. The first-order valence-corrected chi connectivity index (χ1v) is 10.9. The van der Waals surface area contributed by atoms with Gasteiger partial charge in [-0.05, 0) is 61.0 Å².